The maximum atomic E-state index is 13.5. The first kappa shape index (κ1) is 29.2. The van der Waals surface area contributed by atoms with E-state index in [1.807, 2.05) is 24.3 Å². The minimum absolute atomic E-state index is 0.0755. The van der Waals surface area contributed by atoms with Crippen LogP contribution in [0, 0.1) is 0 Å². The standard InChI is InChI=1S/C38H40N2O8/c1-3-11-39-13-9-35-27-19-15-21(29(43)31(27)47-33(35)23(41)5-7-37(35,45)25(39)17-19)22-16-20-18-26-38(46)8-6-24(42)34-36(38,10-14-40(26)12-4-2)28(20)32(48-34)30(22)44/h3-4,15-16,25-26,33-34,43-46H,1-2,5-14,17-18H2. The molecule has 2 spiro atoms. The maximum Gasteiger partial charge on any atom is 0.174 e. The van der Waals surface area contributed by atoms with Gasteiger partial charge in [-0.2, -0.15) is 0 Å². The summed E-state index contributed by atoms with van der Waals surface area (Å²) in [5, 5.41) is 49.1. The molecule has 8 atom stereocenters. The van der Waals surface area contributed by atoms with E-state index in [-0.39, 0.29) is 59.5 Å². The third-order valence-electron chi connectivity index (χ3n) is 14.0. The van der Waals surface area contributed by atoms with Gasteiger partial charge < -0.3 is 29.9 Å². The highest BCUT2D eigenvalue weighted by molar-refractivity contribution is 5.94. The van der Waals surface area contributed by atoms with Crippen LogP contribution in [0.2, 0.25) is 0 Å². The molecule has 0 amide bonds. The number of ether oxygens (including phenoxy) is 2. The quantitative estimate of drug-likeness (QED) is 0.357. The van der Waals surface area contributed by atoms with E-state index in [1.54, 1.807) is 0 Å². The van der Waals surface area contributed by atoms with Gasteiger partial charge in [-0.15, -0.1) is 13.2 Å². The summed E-state index contributed by atoms with van der Waals surface area (Å²) in [5.41, 5.74) is -0.483. The second-order valence-corrected chi connectivity index (χ2v) is 15.5. The Labute approximate surface area is 278 Å². The number of nitrogens with zero attached hydrogens (tertiary/aromatic N) is 2. The first-order chi connectivity index (χ1) is 23.1. The fourth-order valence-electron chi connectivity index (χ4n) is 12.2. The van der Waals surface area contributed by atoms with Gasteiger partial charge in [0.15, 0.2) is 46.8 Å². The summed E-state index contributed by atoms with van der Waals surface area (Å²) in [4.78, 5) is 31.4. The highest BCUT2D eigenvalue weighted by Crippen LogP contribution is 2.69. The van der Waals surface area contributed by atoms with Crippen molar-refractivity contribution in [3.05, 3.63) is 59.7 Å². The van der Waals surface area contributed by atoms with Crippen LogP contribution in [0.15, 0.2) is 37.4 Å². The number of carbonyl (C=O) groups excluding carboxylic acids is 2. The molecule has 10 rings (SSSR count). The molecule has 2 saturated carbocycles. The number of benzene rings is 2. The van der Waals surface area contributed by atoms with E-state index in [2.05, 4.69) is 23.0 Å². The monoisotopic (exact) mass is 652 g/mol. The number of aliphatic hydroxyl groups is 2. The number of Topliss-reactive ketones (excluding diaryl/α,β-unsaturated/α-hetero) is 2. The molecule has 4 aliphatic carbocycles. The zero-order valence-electron chi connectivity index (χ0n) is 26.8. The molecule has 4 aliphatic heterocycles. The van der Waals surface area contributed by atoms with Crippen molar-refractivity contribution in [2.24, 2.45) is 0 Å². The fourth-order valence-corrected chi connectivity index (χ4v) is 12.2. The topological polar surface area (TPSA) is 140 Å². The molecule has 10 nitrogen and oxygen atoms in total. The normalized spacial score (nSPS) is 39.7. The van der Waals surface area contributed by atoms with Crippen LogP contribution in [0.3, 0.4) is 0 Å². The summed E-state index contributed by atoms with van der Waals surface area (Å²) in [6.07, 6.45) is 4.89. The second kappa shape index (κ2) is 9.09. The van der Waals surface area contributed by atoms with E-state index in [1.165, 1.54) is 0 Å². The Morgan fingerprint density at radius 3 is 1.54 bits per heavy atom. The Kier molecular flexibility index (Phi) is 5.54. The molecule has 2 saturated heterocycles. The second-order valence-electron chi connectivity index (χ2n) is 15.5. The first-order valence-corrected chi connectivity index (χ1v) is 17.4. The van der Waals surface area contributed by atoms with Gasteiger partial charge in [0.2, 0.25) is 0 Å². The molecule has 0 aromatic heterocycles. The molecular formula is C38H40N2O8. The molecule has 8 aliphatic rings. The van der Waals surface area contributed by atoms with Crippen LogP contribution in [0.5, 0.6) is 23.0 Å². The average Bonchev–Trinajstić information content (AvgIpc) is 3.61. The SMILES string of the molecule is C=CCN1CCC23c4c5cc(-c6cc7c8c(c6O)OC6C(=O)CCC9(O)C(C7)N(CC=C)CCC869)c(O)c4OC2C(=O)CCC3(O)C1C5. The van der Waals surface area contributed by atoms with Crippen LogP contribution in [0.4, 0.5) is 0 Å². The van der Waals surface area contributed by atoms with Gasteiger partial charge in [0.05, 0.1) is 22.0 Å². The van der Waals surface area contributed by atoms with Crippen molar-refractivity contribution in [1.82, 2.24) is 9.80 Å². The zero-order chi connectivity index (χ0) is 33.1. The lowest BCUT2D eigenvalue weighted by molar-refractivity contribution is -0.187. The molecular weight excluding hydrogens is 612 g/mol. The van der Waals surface area contributed by atoms with Gasteiger partial charge in [-0.25, -0.2) is 0 Å². The largest absolute Gasteiger partial charge is 0.504 e. The molecule has 4 bridgehead atoms. The summed E-state index contributed by atoms with van der Waals surface area (Å²) in [6.45, 7) is 10.4. The molecule has 2 aromatic carbocycles. The number of rotatable bonds is 5. The number of likely N-dealkylation sites (tertiary alicyclic amines) is 2. The van der Waals surface area contributed by atoms with Gasteiger partial charge in [0, 0.05) is 73.4 Å². The minimum atomic E-state index is -1.21. The van der Waals surface area contributed by atoms with E-state index in [0.717, 1.165) is 11.1 Å². The summed E-state index contributed by atoms with van der Waals surface area (Å²) in [7, 11) is 0. The summed E-state index contributed by atoms with van der Waals surface area (Å²) < 4.78 is 12.9. The van der Waals surface area contributed by atoms with Crippen LogP contribution in [0.25, 0.3) is 11.1 Å². The molecule has 4 fully saturated rings. The van der Waals surface area contributed by atoms with Crippen molar-refractivity contribution in [2.45, 2.75) is 97.7 Å². The molecule has 0 radical (unpaired) electrons. The van der Waals surface area contributed by atoms with Crippen LogP contribution in [0.1, 0.15) is 60.8 Å². The molecule has 250 valence electrons. The van der Waals surface area contributed by atoms with Crippen LogP contribution in [-0.4, -0.2) is 103 Å². The number of carbonyl (C=O) groups is 2. The summed E-state index contributed by atoms with van der Waals surface area (Å²) >= 11 is 0. The first-order valence-electron chi connectivity index (χ1n) is 17.4. The van der Waals surface area contributed by atoms with Crippen molar-refractivity contribution in [2.75, 3.05) is 26.2 Å². The lowest BCUT2D eigenvalue weighted by Crippen LogP contribution is -2.76. The van der Waals surface area contributed by atoms with E-state index in [0.29, 0.717) is 87.0 Å². The predicted molar refractivity (Wildman–Crippen MR) is 174 cm³/mol. The van der Waals surface area contributed by atoms with E-state index in [9.17, 15) is 30.0 Å². The van der Waals surface area contributed by atoms with Crippen molar-refractivity contribution in [1.29, 1.82) is 0 Å². The molecule has 4 heterocycles. The molecule has 48 heavy (non-hydrogen) atoms. The average molecular weight is 653 g/mol. The Bertz CT molecular complexity index is 1770. The van der Waals surface area contributed by atoms with E-state index >= 15 is 0 Å². The lowest BCUT2D eigenvalue weighted by atomic mass is 9.48. The highest BCUT2D eigenvalue weighted by Gasteiger charge is 2.75. The third-order valence-corrected chi connectivity index (χ3v) is 14.0. The molecule has 4 N–H and O–H groups in total. The van der Waals surface area contributed by atoms with Gasteiger partial charge in [0.25, 0.3) is 0 Å². The van der Waals surface area contributed by atoms with E-state index in [4.69, 9.17) is 9.47 Å². The van der Waals surface area contributed by atoms with Crippen molar-refractivity contribution in [3.63, 3.8) is 0 Å². The minimum Gasteiger partial charge on any atom is -0.504 e. The summed E-state index contributed by atoms with van der Waals surface area (Å²) in [6, 6.07) is 3.21. The lowest BCUT2D eigenvalue weighted by Gasteiger charge is -2.62. The Hall–Kier alpha value is -3.70. The van der Waals surface area contributed by atoms with Gasteiger partial charge in [-0.1, -0.05) is 12.2 Å². The van der Waals surface area contributed by atoms with Crippen LogP contribution >= 0.6 is 0 Å². The molecule has 2 aromatic rings. The highest BCUT2D eigenvalue weighted by atomic mass is 16.5. The zero-order valence-corrected chi connectivity index (χ0v) is 26.8. The predicted octanol–water partition coefficient (Wildman–Crippen LogP) is 2.58. The smallest absolute Gasteiger partial charge is 0.174 e. The number of hydrogen-bond acceptors (Lipinski definition) is 10. The Morgan fingerprint density at radius 2 is 1.15 bits per heavy atom. The third kappa shape index (κ3) is 2.95. The number of ketones is 2. The van der Waals surface area contributed by atoms with Crippen LogP contribution < -0.4 is 9.47 Å². The van der Waals surface area contributed by atoms with Gasteiger partial charge in [-0.3, -0.25) is 19.4 Å². The number of phenols is 2. The van der Waals surface area contributed by atoms with Crippen LogP contribution in [-0.2, 0) is 33.3 Å². The van der Waals surface area contributed by atoms with Gasteiger partial charge >= 0.3 is 0 Å². The van der Waals surface area contributed by atoms with E-state index < -0.39 is 34.2 Å². The maximum absolute atomic E-state index is 13.5. The fraction of sp³-hybridized carbons (Fsp3) is 0.526. The summed E-state index contributed by atoms with van der Waals surface area (Å²) in [5.74, 6) is -0.115. The Morgan fingerprint density at radius 1 is 0.729 bits per heavy atom. The number of hydrogen-bond donors (Lipinski definition) is 4. The number of phenolic OH excluding ortho intramolecular Hbond substituents is 2. The number of piperidine rings is 2. The van der Waals surface area contributed by atoms with Crippen molar-refractivity contribution >= 4 is 11.6 Å². The van der Waals surface area contributed by atoms with Crippen molar-refractivity contribution < 1.29 is 39.5 Å². The van der Waals surface area contributed by atoms with Gasteiger partial charge in [-0.05, 0) is 61.8 Å². The van der Waals surface area contributed by atoms with Crippen molar-refractivity contribution in [3.8, 4) is 34.1 Å². The molecule has 10 heteroatoms. The number of aromatic hydroxyl groups is 2. The Balaban J connectivity index is 1.19. The van der Waals surface area contributed by atoms with Gasteiger partial charge in [0.1, 0.15) is 0 Å². The molecule has 8 unspecified atom stereocenters.